The van der Waals surface area contributed by atoms with Gasteiger partial charge in [-0.1, -0.05) is 18.2 Å². The first-order valence-electron chi connectivity index (χ1n) is 3.92. The van der Waals surface area contributed by atoms with Crippen molar-refractivity contribution >= 4 is 0 Å². The second-order valence-electron chi connectivity index (χ2n) is 2.36. The van der Waals surface area contributed by atoms with Gasteiger partial charge >= 0.3 is 0 Å². The third-order valence-corrected chi connectivity index (χ3v) is 1.52. The minimum absolute atomic E-state index is 0.399. The smallest absolute Gasteiger partial charge is 0.124 e. The van der Waals surface area contributed by atoms with Gasteiger partial charge in [-0.05, 0) is 13.0 Å². The lowest BCUT2D eigenvalue weighted by atomic mass is 10.2. The third kappa shape index (κ3) is 2.05. The maximum Gasteiger partial charge on any atom is 0.124 e. The van der Waals surface area contributed by atoms with Gasteiger partial charge in [-0.2, -0.15) is 5.11 Å². The molecule has 0 unspecified atom stereocenters. The Kier molecular flexibility index (Phi) is 3.26. The molecule has 0 atom stereocenters. The van der Waals surface area contributed by atoms with Crippen LogP contribution in [0.4, 0.5) is 0 Å². The summed E-state index contributed by atoms with van der Waals surface area (Å²) in [4.78, 5) is 0. The highest BCUT2D eigenvalue weighted by Gasteiger charge is 1.99. The summed E-state index contributed by atoms with van der Waals surface area (Å²) in [6.07, 6.45) is 0. The minimum atomic E-state index is 0.399. The van der Waals surface area contributed by atoms with Crippen LogP contribution in [0.15, 0.2) is 29.4 Å². The van der Waals surface area contributed by atoms with Gasteiger partial charge in [-0.3, -0.25) is 0 Å². The molecular formula is C9H12N2O. The Morgan fingerprint density at radius 3 is 2.83 bits per heavy atom. The van der Waals surface area contributed by atoms with Gasteiger partial charge in [0.25, 0.3) is 0 Å². The molecule has 1 rings (SSSR count). The number of para-hydroxylation sites is 1. The number of ether oxygens (including phenoxy) is 1. The first-order valence-corrected chi connectivity index (χ1v) is 3.92. The monoisotopic (exact) mass is 164 g/mol. The van der Waals surface area contributed by atoms with Crippen LogP contribution in [0.25, 0.3) is 0 Å². The van der Waals surface area contributed by atoms with E-state index in [9.17, 15) is 0 Å². The van der Waals surface area contributed by atoms with Crippen LogP contribution in [0, 0.1) is 5.53 Å². The van der Waals surface area contributed by atoms with Crippen molar-refractivity contribution in [3.63, 3.8) is 0 Å². The van der Waals surface area contributed by atoms with Crippen LogP contribution in [-0.4, -0.2) is 6.61 Å². The van der Waals surface area contributed by atoms with E-state index in [1.807, 2.05) is 31.2 Å². The fourth-order valence-corrected chi connectivity index (χ4v) is 1.02. The number of nitrogens with one attached hydrogen (secondary N) is 1. The number of hydrogen-bond donors (Lipinski definition) is 1. The number of hydrogen-bond acceptors (Lipinski definition) is 3. The van der Waals surface area contributed by atoms with Crippen molar-refractivity contribution in [2.45, 2.75) is 13.5 Å². The van der Waals surface area contributed by atoms with Crippen LogP contribution in [0.3, 0.4) is 0 Å². The largest absolute Gasteiger partial charge is 0.494 e. The first-order chi connectivity index (χ1) is 5.88. The molecule has 0 radical (unpaired) electrons. The van der Waals surface area contributed by atoms with Gasteiger partial charge in [0.2, 0.25) is 0 Å². The van der Waals surface area contributed by atoms with Crippen molar-refractivity contribution in [1.82, 2.24) is 0 Å². The summed E-state index contributed by atoms with van der Waals surface area (Å²) < 4.78 is 5.35. The molecule has 12 heavy (non-hydrogen) atoms. The summed E-state index contributed by atoms with van der Waals surface area (Å²) in [5.41, 5.74) is 7.71. The lowest BCUT2D eigenvalue weighted by molar-refractivity contribution is 0.336. The van der Waals surface area contributed by atoms with Crippen LogP contribution in [0.5, 0.6) is 5.75 Å². The molecule has 3 nitrogen and oxygen atoms in total. The first kappa shape index (κ1) is 8.71. The Balaban J connectivity index is 2.83. The fraction of sp³-hybridized carbons (Fsp3) is 0.333. The molecule has 1 aromatic carbocycles. The van der Waals surface area contributed by atoms with Gasteiger partial charge < -0.3 is 4.74 Å². The van der Waals surface area contributed by atoms with E-state index in [4.69, 9.17) is 10.3 Å². The lowest BCUT2D eigenvalue weighted by Gasteiger charge is -2.06. The van der Waals surface area contributed by atoms with Crippen molar-refractivity contribution in [2.24, 2.45) is 5.11 Å². The maximum absolute atomic E-state index is 6.74. The number of benzene rings is 1. The van der Waals surface area contributed by atoms with E-state index in [0.29, 0.717) is 13.2 Å². The van der Waals surface area contributed by atoms with Crippen LogP contribution >= 0.6 is 0 Å². The lowest BCUT2D eigenvalue weighted by Crippen LogP contribution is -1.95. The fourth-order valence-electron chi connectivity index (χ4n) is 1.02. The standard InChI is InChI=1S/C9H12N2O/c1-2-12-9-6-4-3-5-8(9)7-11-10/h3-6,10H,2,7H2,1H3. The molecule has 0 bridgehead atoms. The molecule has 0 aliphatic heterocycles. The molecule has 0 spiro atoms. The minimum Gasteiger partial charge on any atom is -0.494 e. The van der Waals surface area contributed by atoms with Gasteiger partial charge in [-0.15, -0.1) is 0 Å². The molecular weight excluding hydrogens is 152 g/mol. The molecule has 3 heteroatoms. The van der Waals surface area contributed by atoms with Crippen molar-refractivity contribution in [3.8, 4) is 5.75 Å². The molecule has 0 aliphatic carbocycles. The van der Waals surface area contributed by atoms with Gasteiger partial charge in [-0.25, -0.2) is 5.53 Å². The molecule has 0 saturated carbocycles. The molecule has 0 fully saturated rings. The van der Waals surface area contributed by atoms with Crippen LogP contribution in [0.2, 0.25) is 0 Å². The summed E-state index contributed by atoms with van der Waals surface area (Å²) in [5, 5.41) is 3.32. The summed E-state index contributed by atoms with van der Waals surface area (Å²) >= 11 is 0. The highest BCUT2D eigenvalue weighted by Crippen LogP contribution is 2.18. The van der Waals surface area contributed by atoms with E-state index >= 15 is 0 Å². The zero-order chi connectivity index (χ0) is 8.81. The molecule has 0 aliphatic rings. The number of rotatable bonds is 4. The quantitative estimate of drug-likeness (QED) is 0.683. The van der Waals surface area contributed by atoms with Crippen LogP contribution in [-0.2, 0) is 6.54 Å². The van der Waals surface area contributed by atoms with Crippen LogP contribution < -0.4 is 4.74 Å². The number of nitrogens with zero attached hydrogens (tertiary/aromatic N) is 1. The van der Waals surface area contributed by atoms with Crippen LogP contribution in [0.1, 0.15) is 12.5 Å². The van der Waals surface area contributed by atoms with E-state index in [0.717, 1.165) is 11.3 Å². The predicted octanol–water partition coefficient (Wildman–Crippen LogP) is 2.62. The Hall–Kier alpha value is -1.38. The normalized spacial score (nSPS) is 9.42. The van der Waals surface area contributed by atoms with Gasteiger partial charge in [0.1, 0.15) is 5.75 Å². The van der Waals surface area contributed by atoms with Gasteiger partial charge in [0, 0.05) is 5.56 Å². The van der Waals surface area contributed by atoms with E-state index in [1.54, 1.807) is 0 Å². The Morgan fingerprint density at radius 1 is 1.42 bits per heavy atom. The predicted molar refractivity (Wildman–Crippen MR) is 46.5 cm³/mol. The second kappa shape index (κ2) is 4.49. The summed E-state index contributed by atoms with van der Waals surface area (Å²) in [7, 11) is 0. The zero-order valence-corrected chi connectivity index (χ0v) is 7.08. The zero-order valence-electron chi connectivity index (χ0n) is 7.08. The van der Waals surface area contributed by atoms with E-state index < -0.39 is 0 Å². The van der Waals surface area contributed by atoms with Crippen molar-refractivity contribution in [3.05, 3.63) is 29.8 Å². The summed E-state index contributed by atoms with van der Waals surface area (Å²) in [6, 6.07) is 7.65. The third-order valence-electron chi connectivity index (χ3n) is 1.52. The van der Waals surface area contributed by atoms with Crippen molar-refractivity contribution < 1.29 is 4.74 Å². The average Bonchev–Trinajstić information content (AvgIpc) is 2.09. The van der Waals surface area contributed by atoms with Gasteiger partial charge in [0.15, 0.2) is 0 Å². The van der Waals surface area contributed by atoms with E-state index in [1.165, 1.54) is 0 Å². The molecule has 0 heterocycles. The topological polar surface area (TPSA) is 45.4 Å². The molecule has 0 aromatic heterocycles. The Bertz CT molecular complexity index is 260. The molecule has 0 saturated heterocycles. The molecule has 0 amide bonds. The Labute approximate surface area is 71.9 Å². The summed E-state index contributed by atoms with van der Waals surface area (Å²) in [5.74, 6) is 0.830. The second-order valence-corrected chi connectivity index (χ2v) is 2.36. The average molecular weight is 164 g/mol. The molecule has 1 aromatic rings. The van der Waals surface area contributed by atoms with Gasteiger partial charge in [0.05, 0.1) is 13.2 Å². The van der Waals surface area contributed by atoms with E-state index in [2.05, 4.69) is 5.11 Å². The Morgan fingerprint density at radius 2 is 2.17 bits per heavy atom. The van der Waals surface area contributed by atoms with E-state index in [-0.39, 0.29) is 0 Å². The highest BCUT2D eigenvalue weighted by molar-refractivity contribution is 5.33. The molecule has 1 N–H and O–H groups in total. The molecule has 64 valence electrons. The SMILES string of the molecule is CCOc1ccccc1CN=N. The maximum atomic E-state index is 6.74. The highest BCUT2D eigenvalue weighted by atomic mass is 16.5. The van der Waals surface area contributed by atoms with Crippen molar-refractivity contribution in [2.75, 3.05) is 6.61 Å². The van der Waals surface area contributed by atoms with Crippen molar-refractivity contribution in [1.29, 1.82) is 5.53 Å². The summed E-state index contributed by atoms with van der Waals surface area (Å²) in [6.45, 7) is 2.99.